The minimum Gasteiger partial charge on any atom is -0.354 e. The molecule has 0 aliphatic carbocycles. The van der Waals surface area contributed by atoms with Crippen molar-refractivity contribution >= 4 is 29.9 Å². The van der Waals surface area contributed by atoms with Crippen LogP contribution in [-0.4, -0.2) is 52.6 Å². The molecule has 0 amide bonds. The van der Waals surface area contributed by atoms with Gasteiger partial charge >= 0.3 is 0 Å². The molecule has 27 heavy (non-hydrogen) atoms. The highest BCUT2D eigenvalue weighted by atomic mass is 127. The predicted molar refractivity (Wildman–Crippen MR) is 122 cm³/mol. The molecule has 1 aromatic carbocycles. The van der Waals surface area contributed by atoms with Gasteiger partial charge in [0, 0.05) is 51.2 Å². The lowest BCUT2D eigenvalue weighted by molar-refractivity contribution is 0.167. The molecule has 2 N–H and O–H groups in total. The number of halogens is 1. The van der Waals surface area contributed by atoms with E-state index in [9.17, 15) is 0 Å². The Bertz CT molecular complexity index is 705. The van der Waals surface area contributed by atoms with E-state index in [0.717, 1.165) is 44.1 Å². The second-order valence-corrected chi connectivity index (χ2v) is 7.07. The van der Waals surface area contributed by atoms with Gasteiger partial charge in [-0.2, -0.15) is 0 Å². The lowest BCUT2D eigenvalue weighted by Crippen LogP contribution is -2.49. The molecule has 0 saturated carbocycles. The third kappa shape index (κ3) is 5.93. The summed E-state index contributed by atoms with van der Waals surface area (Å²) in [6.45, 7) is 7.56. The van der Waals surface area contributed by atoms with Crippen LogP contribution in [0.2, 0.25) is 0 Å². The molecule has 7 heteroatoms. The second kappa shape index (κ2) is 10.7. The van der Waals surface area contributed by atoms with Gasteiger partial charge < -0.3 is 20.1 Å². The molecule has 1 saturated heterocycles. The Morgan fingerprint density at radius 2 is 2.00 bits per heavy atom. The van der Waals surface area contributed by atoms with Crippen LogP contribution in [0.15, 0.2) is 48.0 Å². The molecule has 1 aromatic heterocycles. The largest absolute Gasteiger partial charge is 0.354 e. The Morgan fingerprint density at radius 1 is 1.26 bits per heavy atom. The number of piperidine rings is 1. The number of likely N-dealkylation sites (tertiary alicyclic amines) is 1. The summed E-state index contributed by atoms with van der Waals surface area (Å²) in [6.07, 6.45) is 7.91. The first-order chi connectivity index (χ1) is 12.7. The number of nitrogens with one attached hydrogen (secondary N) is 2. The van der Waals surface area contributed by atoms with Crippen LogP contribution < -0.4 is 10.6 Å². The molecule has 1 aliphatic rings. The Morgan fingerprint density at radius 3 is 2.63 bits per heavy atom. The molecule has 0 radical (unpaired) electrons. The zero-order chi connectivity index (χ0) is 18.4. The maximum Gasteiger partial charge on any atom is 0.191 e. The summed E-state index contributed by atoms with van der Waals surface area (Å²) in [6, 6.07) is 9.48. The maximum atomic E-state index is 4.41. The molecule has 148 valence electrons. The van der Waals surface area contributed by atoms with Crippen LogP contribution in [0.1, 0.15) is 32.3 Å². The maximum absolute atomic E-state index is 4.41. The summed E-state index contributed by atoms with van der Waals surface area (Å²) in [7, 11) is 1.83. The summed E-state index contributed by atoms with van der Waals surface area (Å²) >= 11 is 0. The standard InChI is InChI=1S/C20H30N6.HI/c1-16(2)25-11-8-18(9-12-25)24-20(21-3)23-14-17-6-4-5-7-19(17)26-13-10-22-15-26;/h4-7,10,13,15-16,18H,8-9,11-12,14H2,1-3H3,(H2,21,23,24);1H. The normalized spacial score (nSPS) is 16.2. The van der Waals surface area contributed by atoms with E-state index in [0.29, 0.717) is 12.1 Å². The number of imidazole rings is 1. The van der Waals surface area contributed by atoms with Crippen LogP contribution in [0, 0.1) is 0 Å². The fourth-order valence-electron chi connectivity index (χ4n) is 3.44. The van der Waals surface area contributed by atoms with Crippen molar-refractivity contribution in [2.24, 2.45) is 4.99 Å². The molecule has 0 atom stereocenters. The summed E-state index contributed by atoms with van der Waals surface area (Å²) in [5.41, 5.74) is 2.35. The van der Waals surface area contributed by atoms with Crippen molar-refractivity contribution in [3.05, 3.63) is 48.5 Å². The number of aliphatic imine (C=N–C) groups is 1. The lowest BCUT2D eigenvalue weighted by Gasteiger charge is -2.35. The fourth-order valence-corrected chi connectivity index (χ4v) is 3.44. The van der Waals surface area contributed by atoms with E-state index < -0.39 is 0 Å². The molecule has 1 aliphatic heterocycles. The van der Waals surface area contributed by atoms with Gasteiger partial charge in [-0.05, 0) is 38.3 Å². The van der Waals surface area contributed by atoms with Crippen molar-refractivity contribution in [3.8, 4) is 5.69 Å². The molecular weight excluding hydrogens is 451 g/mol. The summed E-state index contributed by atoms with van der Waals surface area (Å²) in [5.74, 6) is 0.869. The van der Waals surface area contributed by atoms with Gasteiger partial charge in [0.1, 0.15) is 0 Å². The lowest BCUT2D eigenvalue weighted by atomic mass is 10.0. The van der Waals surface area contributed by atoms with Crippen molar-refractivity contribution in [2.75, 3.05) is 20.1 Å². The van der Waals surface area contributed by atoms with E-state index in [-0.39, 0.29) is 24.0 Å². The first-order valence-electron chi connectivity index (χ1n) is 9.45. The van der Waals surface area contributed by atoms with Crippen molar-refractivity contribution < 1.29 is 0 Å². The molecule has 2 aromatic rings. The summed E-state index contributed by atoms with van der Waals surface area (Å²) in [5, 5.41) is 7.04. The molecule has 2 heterocycles. The molecular formula is C20H31IN6. The number of rotatable bonds is 5. The molecule has 0 unspecified atom stereocenters. The number of hydrogen-bond acceptors (Lipinski definition) is 3. The van der Waals surface area contributed by atoms with Crippen LogP contribution in [0.4, 0.5) is 0 Å². The highest BCUT2D eigenvalue weighted by Crippen LogP contribution is 2.15. The highest BCUT2D eigenvalue weighted by Gasteiger charge is 2.21. The number of nitrogens with zero attached hydrogens (tertiary/aromatic N) is 4. The number of hydrogen-bond donors (Lipinski definition) is 2. The minimum atomic E-state index is 0. The van der Waals surface area contributed by atoms with Crippen LogP contribution in [0.3, 0.4) is 0 Å². The smallest absolute Gasteiger partial charge is 0.191 e. The van der Waals surface area contributed by atoms with E-state index in [4.69, 9.17) is 0 Å². The van der Waals surface area contributed by atoms with Crippen LogP contribution in [-0.2, 0) is 6.54 Å². The van der Waals surface area contributed by atoms with Crippen molar-refractivity contribution in [1.29, 1.82) is 0 Å². The van der Waals surface area contributed by atoms with Gasteiger partial charge in [-0.1, -0.05) is 18.2 Å². The average Bonchev–Trinajstić information content (AvgIpc) is 3.20. The fraction of sp³-hybridized carbons (Fsp3) is 0.500. The highest BCUT2D eigenvalue weighted by molar-refractivity contribution is 14.0. The quantitative estimate of drug-likeness (QED) is 0.391. The Labute approximate surface area is 179 Å². The van der Waals surface area contributed by atoms with Crippen LogP contribution in [0.5, 0.6) is 0 Å². The Kier molecular flexibility index (Phi) is 8.56. The summed E-state index contributed by atoms with van der Waals surface area (Å²) in [4.78, 5) is 11.1. The number of aromatic nitrogens is 2. The van der Waals surface area contributed by atoms with E-state index >= 15 is 0 Å². The monoisotopic (exact) mass is 482 g/mol. The average molecular weight is 482 g/mol. The number of guanidine groups is 1. The zero-order valence-electron chi connectivity index (χ0n) is 16.4. The van der Waals surface area contributed by atoms with Gasteiger partial charge in [-0.15, -0.1) is 24.0 Å². The first kappa shape index (κ1) is 21.7. The van der Waals surface area contributed by atoms with Gasteiger partial charge in [-0.25, -0.2) is 4.98 Å². The first-order valence-corrected chi connectivity index (χ1v) is 9.45. The molecule has 6 nitrogen and oxygen atoms in total. The van der Waals surface area contributed by atoms with Crippen molar-refractivity contribution in [1.82, 2.24) is 25.1 Å². The van der Waals surface area contributed by atoms with E-state index in [1.54, 1.807) is 6.20 Å². The SMILES string of the molecule is CN=C(NCc1ccccc1-n1ccnc1)NC1CCN(C(C)C)CC1.I. The van der Waals surface area contributed by atoms with Gasteiger partial charge in [0.25, 0.3) is 0 Å². The zero-order valence-corrected chi connectivity index (χ0v) is 18.8. The predicted octanol–water partition coefficient (Wildman–Crippen LogP) is 3.03. The van der Waals surface area contributed by atoms with Gasteiger partial charge in [0.15, 0.2) is 5.96 Å². The Hall–Kier alpha value is -1.61. The second-order valence-electron chi connectivity index (χ2n) is 7.07. The molecule has 0 bridgehead atoms. The molecule has 1 fully saturated rings. The Balaban J connectivity index is 0.00000261. The van der Waals surface area contributed by atoms with E-state index in [1.165, 1.54) is 5.56 Å². The van der Waals surface area contributed by atoms with Crippen molar-refractivity contribution in [3.63, 3.8) is 0 Å². The van der Waals surface area contributed by atoms with Crippen LogP contribution in [0.25, 0.3) is 5.69 Å². The van der Waals surface area contributed by atoms with Gasteiger partial charge in [0.05, 0.1) is 12.0 Å². The van der Waals surface area contributed by atoms with E-state index in [1.807, 2.05) is 24.1 Å². The van der Waals surface area contributed by atoms with Gasteiger partial charge in [-0.3, -0.25) is 4.99 Å². The van der Waals surface area contributed by atoms with Crippen LogP contribution >= 0.6 is 24.0 Å². The third-order valence-electron chi connectivity index (χ3n) is 5.04. The molecule has 0 spiro atoms. The topological polar surface area (TPSA) is 57.5 Å². The van der Waals surface area contributed by atoms with E-state index in [2.05, 4.69) is 63.6 Å². The minimum absolute atomic E-state index is 0. The number of benzene rings is 1. The summed E-state index contributed by atoms with van der Waals surface area (Å²) < 4.78 is 2.04. The van der Waals surface area contributed by atoms with Gasteiger partial charge in [0.2, 0.25) is 0 Å². The molecule has 3 rings (SSSR count). The third-order valence-corrected chi connectivity index (χ3v) is 5.04. The number of para-hydroxylation sites is 1. The van der Waals surface area contributed by atoms with Crippen molar-refractivity contribution in [2.45, 2.75) is 45.3 Å².